The molecule has 2 aromatic carbocycles. The fraction of sp³-hybridized carbons (Fsp3) is 0.222. The van der Waals surface area contributed by atoms with Crippen molar-refractivity contribution < 1.29 is 23.7 Å². The Morgan fingerprint density at radius 1 is 1.20 bits per heavy atom. The molecular weight excluding hydrogens is 324 g/mol. The van der Waals surface area contributed by atoms with Gasteiger partial charge in [-0.05, 0) is 31.2 Å². The maximum atomic E-state index is 12.3. The Balaban J connectivity index is 1.68. The highest BCUT2D eigenvalue weighted by Gasteiger charge is 2.19. The SMILES string of the molecule is COc1cc(C#N)ccc1O[C@H](C)C(=O)Nc1ccc2c(c1)OCO2. The van der Waals surface area contributed by atoms with Crippen LogP contribution in [0.5, 0.6) is 23.0 Å². The number of carbonyl (C=O) groups excluding carboxylic acids is 1. The average Bonchev–Trinajstić information content (AvgIpc) is 3.09. The van der Waals surface area contributed by atoms with Crippen molar-refractivity contribution in [3.8, 4) is 29.1 Å². The van der Waals surface area contributed by atoms with Crippen LogP contribution < -0.4 is 24.3 Å². The number of nitrogens with one attached hydrogen (secondary N) is 1. The van der Waals surface area contributed by atoms with E-state index in [0.717, 1.165) is 0 Å². The number of benzene rings is 2. The molecular formula is C18H16N2O5. The van der Waals surface area contributed by atoms with Gasteiger partial charge in [-0.3, -0.25) is 4.79 Å². The summed E-state index contributed by atoms with van der Waals surface area (Å²) in [6.07, 6.45) is -0.771. The Labute approximate surface area is 144 Å². The number of carbonyl (C=O) groups is 1. The molecule has 0 unspecified atom stereocenters. The molecule has 0 aliphatic carbocycles. The van der Waals surface area contributed by atoms with Gasteiger partial charge in [0, 0.05) is 17.8 Å². The van der Waals surface area contributed by atoms with Crippen molar-refractivity contribution >= 4 is 11.6 Å². The van der Waals surface area contributed by atoms with Crippen molar-refractivity contribution in [1.82, 2.24) is 0 Å². The van der Waals surface area contributed by atoms with E-state index >= 15 is 0 Å². The van der Waals surface area contributed by atoms with Crippen LogP contribution in [0.1, 0.15) is 12.5 Å². The number of fused-ring (bicyclic) bond motifs is 1. The zero-order chi connectivity index (χ0) is 17.8. The second-order valence-corrected chi connectivity index (χ2v) is 5.29. The molecule has 0 radical (unpaired) electrons. The van der Waals surface area contributed by atoms with E-state index in [4.69, 9.17) is 24.2 Å². The Kier molecular flexibility index (Phi) is 4.61. The van der Waals surface area contributed by atoms with E-state index < -0.39 is 6.10 Å². The Hall–Kier alpha value is -3.40. The lowest BCUT2D eigenvalue weighted by Gasteiger charge is -2.17. The Bertz CT molecular complexity index is 844. The van der Waals surface area contributed by atoms with Crippen LogP contribution in [0.3, 0.4) is 0 Å². The Morgan fingerprint density at radius 2 is 2.00 bits per heavy atom. The fourth-order valence-electron chi connectivity index (χ4n) is 2.30. The molecule has 0 spiro atoms. The predicted molar refractivity (Wildman–Crippen MR) is 89.0 cm³/mol. The summed E-state index contributed by atoms with van der Waals surface area (Å²) in [4.78, 5) is 12.3. The molecule has 1 aliphatic heterocycles. The van der Waals surface area contributed by atoms with Crippen LogP contribution in [0.15, 0.2) is 36.4 Å². The number of nitriles is 1. The van der Waals surface area contributed by atoms with Gasteiger partial charge in [-0.25, -0.2) is 0 Å². The molecule has 1 heterocycles. The van der Waals surface area contributed by atoms with Gasteiger partial charge >= 0.3 is 0 Å². The molecule has 0 fully saturated rings. The van der Waals surface area contributed by atoms with Crippen LogP contribution in [-0.2, 0) is 4.79 Å². The summed E-state index contributed by atoms with van der Waals surface area (Å²) in [5, 5.41) is 11.7. The minimum absolute atomic E-state index is 0.171. The molecule has 2 aromatic rings. The van der Waals surface area contributed by atoms with Crippen LogP contribution in [0.4, 0.5) is 5.69 Å². The molecule has 3 rings (SSSR count). The first-order valence-corrected chi connectivity index (χ1v) is 7.56. The molecule has 1 atom stereocenters. The predicted octanol–water partition coefficient (Wildman–Crippen LogP) is 2.70. The first-order chi connectivity index (χ1) is 12.1. The number of hydrogen-bond acceptors (Lipinski definition) is 6. The number of hydrogen-bond donors (Lipinski definition) is 1. The highest BCUT2D eigenvalue weighted by atomic mass is 16.7. The van der Waals surface area contributed by atoms with Gasteiger partial charge in [0.2, 0.25) is 6.79 Å². The second kappa shape index (κ2) is 7.01. The third-order valence-corrected chi connectivity index (χ3v) is 3.61. The molecule has 0 bridgehead atoms. The van der Waals surface area contributed by atoms with Gasteiger partial charge in [0.25, 0.3) is 5.91 Å². The van der Waals surface area contributed by atoms with Crippen molar-refractivity contribution in [2.24, 2.45) is 0 Å². The van der Waals surface area contributed by atoms with E-state index in [-0.39, 0.29) is 12.7 Å². The van der Waals surface area contributed by atoms with Crippen LogP contribution in [-0.4, -0.2) is 25.9 Å². The summed E-state index contributed by atoms with van der Waals surface area (Å²) >= 11 is 0. The number of rotatable bonds is 5. The van der Waals surface area contributed by atoms with Gasteiger partial charge in [-0.2, -0.15) is 5.26 Å². The summed E-state index contributed by atoms with van der Waals surface area (Å²) in [5.74, 6) is 1.67. The van der Waals surface area contributed by atoms with Crippen molar-refractivity contribution in [1.29, 1.82) is 5.26 Å². The lowest BCUT2D eigenvalue weighted by Crippen LogP contribution is -2.30. The fourth-order valence-corrected chi connectivity index (χ4v) is 2.30. The standard InChI is InChI=1S/C18H16N2O5/c1-11(25-15-5-3-12(9-19)7-16(15)22-2)18(21)20-13-4-6-14-17(8-13)24-10-23-14/h3-8,11H,10H2,1-2H3,(H,20,21)/t11-/m1/s1. The van der Waals surface area contributed by atoms with E-state index in [1.165, 1.54) is 7.11 Å². The molecule has 0 aromatic heterocycles. The molecule has 25 heavy (non-hydrogen) atoms. The zero-order valence-electron chi connectivity index (χ0n) is 13.7. The summed E-state index contributed by atoms with van der Waals surface area (Å²) in [6, 6.07) is 11.9. The number of nitrogens with zero attached hydrogens (tertiary/aromatic N) is 1. The van der Waals surface area contributed by atoms with Crippen LogP contribution in [0, 0.1) is 11.3 Å². The monoisotopic (exact) mass is 340 g/mol. The molecule has 1 N–H and O–H groups in total. The molecule has 0 saturated heterocycles. The molecule has 0 saturated carbocycles. The van der Waals surface area contributed by atoms with Gasteiger partial charge in [-0.15, -0.1) is 0 Å². The minimum Gasteiger partial charge on any atom is -0.493 e. The van der Waals surface area contributed by atoms with E-state index in [9.17, 15) is 4.79 Å². The van der Waals surface area contributed by atoms with Gasteiger partial charge in [0.15, 0.2) is 29.1 Å². The van der Waals surface area contributed by atoms with Gasteiger partial charge in [0.05, 0.1) is 18.7 Å². The van der Waals surface area contributed by atoms with Crippen LogP contribution >= 0.6 is 0 Å². The summed E-state index contributed by atoms with van der Waals surface area (Å²) in [7, 11) is 1.47. The Morgan fingerprint density at radius 3 is 2.76 bits per heavy atom. The maximum Gasteiger partial charge on any atom is 0.265 e. The van der Waals surface area contributed by atoms with Crippen molar-refractivity contribution in [2.75, 3.05) is 19.2 Å². The topological polar surface area (TPSA) is 89.8 Å². The van der Waals surface area contributed by atoms with E-state index in [0.29, 0.717) is 34.2 Å². The van der Waals surface area contributed by atoms with E-state index in [1.807, 2.05) is 6.07 Å². The van der Waals surface area contributed by atoms with Crippen LogP contribution in [0.25, 0.3) is 0 Å². The summed E-state index contributed by atoms with van der Waals surface area (Å²) in [6.45, 7) is 1.80. The average molecular weight is 340 g/mol. The van der Waals surface area contributed by atoms with E-state index in [1.54, 1.807) is 43.3 Å². The summed E-state index contributed by atoms with van der Waals surface area (Å²) < 4.78 is 21.4. The number of amides is 1. The normalized spacial score (nSPS) is 12.8. The third kappa shape index (κ3) is 3.58. The summed E-state index contributed by atoms with van der Waals surface area (Å²) in [5.41, 5.74) is 1.03. The first kappa shape index (κ1) is 16.5. The largest absolute Gasteiger partial charge is 0.493 e. The number of ether oxygens (including phenoxy) is 4. The zero-order valence-corrected chi connectivity index (χ0v) is 13.7. The molecule has 128 valence electrons. The number of methoxy groups -OCH3 is 1. The minimum atomic E-state index is -0.771. The van der Waals surface area contributed by atoms with Crippen molar-refractivity contribution in [2.45, 2.75) is 13.0 Å². The molecule has 7 heteroatoms. The highest BCUT2D eigenvalue weighted by Crippen LogP contribution is 2.34. The van der Waals surface area contributed by atoms with Gasteiger partial charge < -0.3 is 24.3 Å². The van der Waals surface area contributed by atoms with Gasteiger partial charge in [-0.1, -0.05) is 0 Å². The van der Waals surface area contributed by atoms with Crippen LogP contribution in [0.2, 0.25) is 0 Å². The quantitative estimate of drug-likeness (QED) is 0.900. The molecule has 1 aliphatic rings. The van der Waals surface area contributed by atoms with Gasteiger partial charge in [0.1, 0.15) is 0 Å². The van der Waals surface area contributed by atoms with E-state index in [2.05, 4.69) is 5.32 Å². The molecule has 7 nitrogen and oxygen atoms in total. The molecule has 1 amide bonds. The second-order valence-electron chi connectivity index (χ2n) is 5.29. The van der Waals surface area contributed by atoms with Crippen molar-refractivity contribution in [3.05, 3.63) is 42.0 Å². The lowest BCUT2D eigenvalue weighted by atomic mass is 10.2. The maximum absolute atomic E-state index is 12.3. The van der Waals surface area contributed by atoms with Crippen molar-refractivity contribution in [3.63, 3.8) is 0 Å². The highest BCUT2D eigenvalue weighted by molar-refractivity contribution is 5.94. The smallest absolute Gasteiger partial charge is 0.265 e. The third-order valence-electron chi connectivity index (χ3n) is 3.61. The first-order valence-electron chi connectivity index (χ1n) is 7.56. The number of anilines is 1. The lowest BCUT2D eigenvalue weighted by molar-refractivity contribution is -0.122.